The molecule has 0 spiro atoms. The van der Waals surface area contributed by atoms with Crippen molar-refractivity contribution in [1.29, 1.82) is 0 Å². The molecule has 0 bridgehead atoms. The summed E-state index contributed by atoms with van der Waals surface area (Å²) in [6, 6.07) is 16.0. The van der Waals surface area contributed by atoms with Gasteiger partial charge in [0, 0.05) is 42.6 Å². The van der Waals surface area contributed by atoms with Gasteiger partial charge in [0.2, 0.25) is 0 Å². The number of nitro groups is 1. The van der Waals surface area contributed by atoms with Crippen LogP contribution in [0, 0.1) is 10.1 Å². The summed E-state index contributed by atoms with van der Waals surface area (Å²) in [5.74, 6) is 1.52. The third-order valence-electron chi connectivity index (χ3n) is 3.61. The molecule has 2 heterocycles. The maximum Gasteiger partial charge on any atom is 0.269 e. The zero-order chi connectivity index (χ0) is 16.8. The van der Waals surface area contributed by atoms with Gasteiger partial charge in [-0.25, -0.2) is 0 Å². The number of pyridine rings is 1. The van der Waals surface area contributed by atoms with Crippen molar-refractivity contribution in [3.8, 4) is 11.3 Å². The quantitative estimate of drug-likeness (QED) is 0.363. The highest BCUT2D eigenvalue weighted by Gasteiger charge is 2.08. The number of aromatic nitrogens is 1. The van der Waals surface area contributed by atoms with E-state index in [1.165, 1.54) is 12.1 Å². The van der Waals surface area contributed by atoms with Crippen molar-refractivity contribution in [2.75, 3.05) is 6.54 Å². The molecule has 1 aromatic carbocycles. The van der Waals surface area contributed by atoms with Gasteiger partial charge in [-0.15, -0.1) is 24.8 Å². The van der Waals surface area contributed by atoms with E-state index in [4.69, 9.17) is 4.42 Å². The van der Waals surface area contributed by atoms with Crippen molar-refractivity contribution in [1.82, 2.24) is 10.3 Å². The summed E-state index contributed by atoms with van der Waals surface area (Å²) in [5, 5.41) is 14.0. The van der Waals surface area contributed by atoms with Gasteiger partial charge in [0.15, 0.2) is 0 Å². The van der Waals surface area contributed by atoms with Crippen molar-refractivity contribution < 1.29 is 9.34 Å². The number of rotatable bonds is 7. The van der Waals surface area contributed by atoms with Gasteiger partial charge < -0.3 is 9.73 Å². The van der Waals surface area contributed by atoms with Crippen molar-refractivity contribution in [2.45, 2.75) is 13.0 Å². The Bertz CT molecular complexity index is 808. The Balaban J connectivity index is 0.00000169. The van der Waals surface area contributed by atoms with Crippen LogP contribution < -0.4 is 5.32 Å². The van der Waals surface area contributed by atoms with Gasteiger partial charge in [0.05, 0.1) is 11.5 Å². The molecule has 0 fully saturated rings. The van der Waals surface area contributed by atoms with Crippen LogP contribution in [0.25, 0.3) is 11.3 Å². The molecule has 0 amide bonds. The van der Waals surface area contributed by atoms with E-state index in [9.17, 15) is 10.1 Å². The van der Waals surface area contributed by atoms with E-state index in [0.29, 0.717) is 12.3 Å². The molecule has 0 radical (unpaired) electrons. The number of nitrogens with zero attached hydrogens (tertiary/aromatic N) is 2. The van der Waals surface area contributed by atoms with Crippen LogP contribution in [0.3, 0.4) is 0 Å². The van der Waals surface area contributed by atoms with Crippen LogP contribution in [-0.4, -0.2) is 16.5 Å². The summed E-state index contributed by atoms with van der Waals surface area (Å²) in [7, 11) is 0. The van der Waals surface area contributed by atoms with Crippen LogP contribution >= 0.6 is 24.8 Å². The molecule has 0 saturated heterocycles. The van der Waals surface area contributed by atoms with E-state index in [2.05, 4.69) is 10.3 Å². The summed E-state index contributed by atoms with van der Waals surface area (Å²) in [5.41, 5.74) is 1.94. The Morgan fingerprint density at radius 2 is 1.81 bits per heavy atom. The summed E-state index contributed by atoms with van der Waals surface area (Å²) in [4.78, 5) is 14.5. The highest BCUT2D eigenvalue weighted by atomic mass is 35.5. The second-order valence-corrected chi connectivity index (χ2v) is 5.32. The lowest BCUT2D eigenvalue weighted by Gasteiger charge is -2.02. The first-order chi connectivity index (χ1) is 11.7. The highest BCUT2D eigenvalue weighted by Crippen LogP contribution is 2.24. The van der Waals surface area contributed by atoms with Crippen LogP contribution in [0.1, 0.15) is 11.5 Å². The number of furan rings is 1. The third kappa shape index (κ3) is 5.84. The smallest absolute Gasteiger partial charge is 0.269 e. The van der Waals surface area contributed by atoms with E-state index < -0.39 is 4.92 Å². The molecule has 0 aliphatic rings. The van der Waals surface area contributed by atoms with E-state index >= 15 is 0 Å². The molecule has 2 aromatic heterocycles. The minimum absolute atomic E-state index is 0. The number of halogens is 2. The van der Waals surface area contributed by atoms with Gasteiger partial charge in [0.1, 0.15) is 11.5 Å². The predicted molar refractivity (Wildman–Crippen MR) is 105 cm³/mol. The first kappa shape index (κ1) is 21.6. The zero-order valence-corrected chi connectivity index (χ0v) is 15.5. The first-order valence-corrected chi connectivity index (χ1v) is 7.66. The predicted octanol–water partition coefficient (Wildman–Crippen LogP) is 4.43. The van der Waals surface area contributed by atoms with E-state index in [1.54, 1.807) is 18.3 Å². The van der Waals surface area contributed by atoms with Crippen molar-refractivity contribution in [2.24, 2.45) is 0 Å². The van der Waals surface area contributed by atoms with Crippen LogP contribution in [0.4, 0.5) is 5.69 Å². The van der Waals surface area contributed by atoms with E-state index in [-0.39, 0.29) is 30.5 Å². The van der Waals surface area contributed by atoms with Crippen molar-refractivity contribution in [3.63, 3.8) is 0 Å². The molecule has 138 valence electrons. The molecule has 0 saturated carbocycles. The molecule has 6 nitrogen and oxygen atoms in total. The molecule has 0 aliphatic carbocycles. The standard InChI is InChI=1S/C18H17N3O3.2ClH/c22-21(23)16-6-4-14(5-7-16)18-9-8-17(24-18)13-19-12-10-15-3-1-2-11-20-15;;/h1-9,11,19H,10,12-13H2;2*1H. The molecule has 0 unspecified atom stereocenters. The van der Waals surface area contributed by atoms with Gasteiger partial charge in [0.25, 0.3) is 5.69 Å². The summed E-state index contributed by atoms with van der Waals surface area (Å²) in [6.45, 7) is 1.43. The minimum Gasteiger partial charge on any atom is -0.460 e. The Hall–Kier alpha value is -2.41. The fourth-order valence-corrected chi connectivity index (χ4v) is 2.35. The number of hydrogen-bond donors (Lipinski definition) is 1. The second-order valence-electron chi connectivity index (χ2n) is 5.32. The van der Waals surface area contributed by atoms with E-state index in [0.717, 1.165) is 30.0 Å². The van der Waals surface area contributed by atoms with Gasteiger partial charge in [-0.05, 0) is 36.4 Å². The van der Waals surface area contributed by atoms with Gasteiger partial charge >= 0.3 is 0 Å². The van der Waals surface area contributed by atoms with Crippen LogP contribution in [0.5, 0.6) is 0 Å². The van der Waals surface area contributed by atoms with E-state index in [1.807, 2.05) is 30.3 Å². The second kappa shape index (κ2) is 10.6. The van der Waals surface area contributed by atoms with Crippen LogP contribution in [-0.2, 0) is 13.0 Å². The van der Waals surface area contributed by atoms with Gasteiger partial charge in [-0.3, -0.25) is 15.1 Å². The molecule has 26 heavy (non-hydrogen) atoms. The van der Waals surface area contributed by atoms with Gasteiger partial charge in [-0.1, -0.05) is 6.07 Å². The monoisotopic (exact) mass is 395 g/mol. The molecule has 1 N–H and O–H groups in total. The SMILES string of the molecule is Cl.Cl.O=[N+]([O-])c1ccc(-c2ccc(CNCCc3ccccn3)o2)cc1. The van der Waals surface area contributed by atoms with Crippen molar-refractivity contribution in [3.05, 3.63) is 82.4 Å². The zero-order valence-electron chi connectivity index (χ0n) is 13.8. The Labute approximate surface area is 163 Å². The van der Waals surface area contributed by atoms with Crippen LogP contribution in [0.15, 0.2) is 65.2 Å². The van der Waals surface area contributed by atoms with Crippen LogP contribution in [0.2, 0.25) is 0 Å². The van der Waals surface area contributed by atoms with Crippen molar-refractivity contribution >= 4 is 30.5 Å². The fraction of sp³-hybridized carbons (Fsp3) is 0.167. The molecule has 8 heteroatoms. The molecule has 3 rings (SSSR count). The number of benzene rings is 1. The lowest BCUT2D eigenvalue weighted by Crippen LogP contribution is -2.16. The number of non-ortho nitro benzene ring substituents is 1. The van der Waals surface area contributed by atoms with Gasteiger partial charge in [-0.2, -0.15) is 0 Å². The topological polar surface area (TPSA) is 81.2 Å². The Morgan fingerprint density at radius 3 is 2.46 bits per heavy atom. The maximum absolute atomic E-state index is 10.7. The summed E-state index contributed by atoms with van der Waals surface area (Å²) < 4.78 is 5.77. The molecule has 0 aliphatic heterocycles. The first-order valence-electron chi connectivity index (χ1n) is 7.66. The normalized spacial score (nSPS) is 9.85. The maximum atomic E-state index is 10.7. The molecule has 0 atom stereocenters. The summed E-state index contributed by atoms with van der Waals surface area (Å²) >= 11 is 0. The number of nitrogens with one attached hydrogen (secondary N) is 1. The number of hydrogen-bond acceptors (Lipinski definition) is 5. The highest BCUT2D eigenvalue weighted by molar-refractivity contribution is 5.85. The lowest BCUT2D eigenvalue weighted by atomic mass is 10.1. The molecule has 3 aromatic rings. The Morgan fingerprint density at radius 1 is 1.04 bits per heavy atom. The average molecular weight is 396 g/mol. The minimum atomic E-state index is -0.414. The number of nitro benzene ring substituents is 1. The average Bonchev–Trinajstić information content (AvgIpc) is 3.09. The molecular formula is C18H19Cl2N3O3. The Kier molecular flexibility index (Phi) is 8.78. The summed E-state index contributed by atoms with van der Waals surface area (Å²) in [6.07, 6.45) is 2.65. The third-order valence-corrected chi connectivity index (χ3v) is 3.61. The molecular weight excluding hydrogens is 377 g/mol. The fourth-order valence-electron chi connectivity index (χ4n) is 2.35. The largest absolute Gasteiger partial charge is 0.460 e. The lowest BCUT2D eigenvalue weighted by molar-refractivity contribution is -0.384.